The van der Waals surface area contributed by atoms with Crippen LogP contribution in [-0.4, -0.2) is 33.1 Å². The summed E-state index contributed by atoms with van der Waals surface area (Å²) in [5.41, 5.74) is 0.575. The van der Waals surface area contributed by atoms with Gasteiger partial charge in [0.05, 0.1) is 0 Å². The molecule has 1 unspecified atom stereocenters. The maximum absolute atomic E-state index is 12.3. The highest BCUT2D eigenvalue weighted by atomic mass is 16.9. The Morgan fingerprint density at radius 2 is 1.57 bits per heavy atom. The monoisotopic (exact) mass is 300 g/mol. The molecule has 0 fully saturated rings. The second-order valence-electron chi connectivity index (χ2n) is 5.54. The van der Waals surface area contributed by atoms with Crippen molar-refractivity contribution in [3.8, 4) is 0 Å². The molecule has 0 aromatic heterocycles. The second kappa shape index (κ2) is 10.9. The minimum atomic E-state index is -1.15. The van der Waals surface area contributed by atoms with Gasteiger partial charge in [-0.25, -0.2) is 0 Å². The average Bonchev–Trinajstić information content (AvgIpc) is 2.50. The van der Waals surface area contributed by atoms with E-state index in [4.69, 9.17) is 14.2 Å². The van der Waals surface area contributed by atoms with E-state index in [0.29, 0.717) is 12.0 Å². The van der Waals surface area contributed by atoms with Crippen molar-refractivity contribution in [1.82, 2.24) is 0 Å². The Hall–Kier alpha value is -0.710. The number of ether oxygens (including phenoxy) is 3. The van der Waals surface area contributed by atoms with E-state index in [2.05, 4.69) is 13.5 Å². The summed E-state index contributed by atoms with van der Waals surface area (Å²) >= 11 is 0. The minimum absolute atomic E-state index is 0.0704. The quantitative estimate of drug-likeness (QED) is 0.292. The van der Waals surface area contributed by atoms with Gasteiger partial charge in [-0.1, -0.05) is 45.6 Å². The van der Waals surface area contributed by atoms with Gasteiger partial charge in [0, 0.05) is 33.7 Å². The van der Waals surface area contributed by atoms with E-state index in [1.54, 1.807) is 6.92 Å². The third kappa shape index (κ3) is 7.21. The van der Waals surface area contributed by atoms with Crippen LogP contribution in [0, 0.1) is 5.92 Å². The summed E-state index contributed by atoms with van der Waals surface area (Å²) in [4.78, 5) is 12.3. The summed E-state index contributed by atoms with van der Waals surface area (Å²) in [7, 11) is 4.57. The topological polar surface area (TPSA) is 44.8 Å². The molecule has 4 nitrogen and oxygen atoms in total. The molecule has 0 amide bonds. The van der Waals surface area contributed by atoms with Gasteiger partial charge in [-0.2, -0.15) is 0 Å². The predicted molar refractivity (Wildman–Crippen MR) is 85.1 cm³/mol. The first-order valence-corrected chi connectivity index (χ1v) is 7.81. The minimum Gasteiger partial charge on any atom is -0.331 e. The third-order valence-corrected chi connectivity index (χ3v) is 3.88. The van der Waals surface area contributed by atoms with E-state index in [1.807, 2.05) is 0 Å². The molecule has 21 heavy (non-hydrogen) atoms. The molecule has 0 rings (SSSR count). The van der Waals surface area contributed by atoms with Gasteiger partial charge in [0.1, 0.15) is 0 Å². The lowest BCUT2D eigenvalue weighted by atomic mass is 9.89. The Morgan fingerprint density at radius 1 is 1.05 bits per heavy atom. The number of methoxy groups -OCH3 is 3. The van der Waals surface area contributed by atoms with Crippen molar-refractivity contribution in [2.45, 2.75) is 64.8 Å². The van der Waals surface area contributed by atoms with Crippen molar-refractivity contribution in [2.24, 2.45) is 5.92 Å². The van der Waals surface area contributed by atoms with E-state index in [9.17, 15) is 4.79 Å². The van der Waals surface area contributed by atoms with Crippen LogP contribution in [0.25, 0.3) is 0 Å². The lowest BCUT2D eigenvalue weighted by molar-refractivity contribution is -0.358. The zero-order valence-corrected chi connectivity index (χ0v) is 14.4. The molecule has 1 atom stereocenters. The normalized spacial score (nSPS) is 13.2. The molecule has 0 aromatic carbocycles. The molecule has 4 heteroatoms. The average molecular weight is 300 g/mol. The summed E-state index contributed by atoms with van der Waals surface area (Å²) in [5, 5.41) is 0. The van der Waals surface area contributed by atoms with Crippen molar-refractivity contribution in [2.75, 3.05) is 21.3 Å². The Kier molecular flexibility index (Phi) is 10.6. The number of carbonyl (C=O) groups is 1. The largest absolute Gasteiger partial charge is 0.331 e. The van der Waals surface area contributed by atoms with Gasteiger partial charge in [-0.15, -0.1) is 0 Å². The predicted octanol–water partition coefficient (Wildman–Crippen LogP) is 4.09. The molecule has 0 aliphatic heterocycles. The Morgan fingerprint density at radius 3 is 2.00 bits per heavy atom. The van der Waals surface area contributed by atoms with E-state index in [-0.39, 0.29) is 11.7 Å². The first-order valence-electron chi connectivity index (χ1n) is 7.81. The molecule has 124 valence electrons. The molecule has 0 saturated heterocycles. The van der Waals surface area contributed by atoms with Crippen LogP contribution < -0.4 is 0 Å². The number of hydrogen-bond donors (Lipinski definition) is 0. The molecule has 0 aliphatic rings. The van der Waals surface area contributed by atoms with Crippen LogP contribution in [0.4, 0.5) is 0 Å². The summed E-state index contributed by atoms with van der Waals surface area (Å²) in [6.45, 7) is 7.71. The first kappa shape index (κ1) is 20.3. The molecular weight excluding hydrogens is 268 g/mol. The molecular formula is C17H32O4. The number of hydrogen-bond acceptors (Lipinski definition) is 4. The first-order chi connectivity index (χ1) is 9.96. The Labute approximate surface area is 129 Å². The number of rotatable bonds is 13. The number of allylic oxidation sites excluding steroid dienone is 1. The lowest BCUT2D eigenvalue weighted by Crippen LogP contribution is -2.40. The Balaban J connectivity index is 4.66. The second-order valence-corrected chi connectivity index (χ2v) is 5.54. The SMILES string of the molecule is C=C(C)C(=O)C(CCCCCCC)CC(OC)(OC)OC. The molecule has 0 aromatic rings. The zero-order chi connectivity index (χ0) is 16.3. The van der Waals surface area contributed by atoms with E-state index in [1.165, 1.54) is 40.6 Å². The molecule has 0 spiro atoms. The molecule has 0 radical (unpaired) electrons. The van der Waals surface area contributed by atoms with Crippen molar-refractivity contribution < 1.29 is 19.0 Å². The highest BCUT2D eigenvalue weighted by Crippen LogP contribution is 2.28. The van der Waals surface area contributed by atoms with Gasteiger partial charge in [0.15, 0.2) is 5.78 Å². The van der Waals surface area contributed by atoms with Crippen molar-refractivity contribution in [3.63, 3.8) is 0 Å². The zero-order valence-electron chi connectivity index (χ0n) is 14.4. The number of unbranched alkanes of at least 4 members (excludes halogenated alkanes) is 4. The van der Waals surface area contributed by atoms with Crippen LogP contribution in [0.5, 0.6) is 0 Å². The molecule has 0 heterocycles. The number of Topliss-reactive ketones (excluding diaryl/α,β-unsaturated/α-hetero) is 1. The van der Waals surface area contributed by atoms with E-state index < -0.39 is 5.97 Å². The summed E-state index contributed by atoms with van der Waals surface area (Å²) < 4.78 is 15.9. The van der Waals surface area contributed by atoms with Crippen molar-refractivity contribution in [3.05, 3.63) is 12.2 Å². The van der Waals surface area contributed by atoms with Crippen LogP contribution in [0.1, 0.15) is 58.8 Å². The van der Waals surface area contributed by atoms with Gasteiger partial charge in [0.2, 0.25) is 0 Å². The highest BCUT2D eigenvalue weighted by molar-refractivity contribution is 5.96. The fraction of sp³-hybridized carbons (Fsp3) is 0.824. The van der Waals surface area contributed by atoms with Gasteiger partial charge in [0.25, 0.3) is 5.97 Å². The van der Waals surface area contributed by atoms with Crippen LogP contribution in [-0.2, 0) is 19.0 Å². The standard InChI is InChI=1S/C17H32O4/c1-7-8-9-10-11-12-15(16(18)14(2)3)13-17(19-4,20-5)21-6/h15H,2,7-13H2,1,3-6H3. The van der Waals surface area contributed by atoms with Gasteiger partial charge >= 0.3 is 0 Å². The van der Waals surface area contributed by atoms with Crippen molar-refractivity contribution >= 4 is 5.78 Å². The lowest BCUT2D eigenvalue weighted by Gasteiger charge is -2.32. The van der Waals surface area contributed by atoms with Crippen LogP contribution in [0.3, 0.4) is 0 Å². The third-order valence-electron chi connectivity index (χ3n) is 3.88. The van der Waals surface area contributed by atoms with Crippen molar-refractivity contribution in [1.29, 1.82) is 0 Å². The fourth-order valence-corrected chi connectivity index (χ4v) is 2.47. The smallest absolute Gasteiger partial charge is 0.282 e. The van der Waals surface area contributed by atoms with Gasteiger partial charge < -0.3 is 14.2 Å². The highest BCUT2D eigenvalue weighted by Gasteiger charge is 2.36. The molecule has 0 N–H and O–H groups in total. The maximum Gasteiger partial charge on any atom is 0.282 e. The van der Waals surface area contributed by atoms with E-state index in [0.717, 1.165) is 19.3 Å². The fourth-order valence-electron chi connectivity index (χ4n) is 2.47. The van der Waals surface area contributed by atoms with Gasteiger partial charge in [-0.3, -0.25) is 4.79 Å². The van der Waals surface area contributed by atoms with E-state index >= 15 is 0 Å². The summed E-state index contributed by atoms with van der Waals surface area (Å²) in [5.74, 6) is -1.26. The summed E-state index contributed by atoms with van der Waals surface area (Å²) in [6.07, 6.45) is 7.05. The van der Waals surface area contributed by atoms with Crippen LogP contribution >= 0.6 is 0 Å². The number of ketones is 1. The molecule has 0 aliphatic carbocycles. The Bertz CT molecular complexity index is 300. The number of carbonyl (C=O) groups excluding carboxylic acids is 1. The maximum atomic E-state index is 12.3. The molecule has 0 saturated carbocycles. The van der Waals surface area contributed by atoms with Crippen LogP contribution in [0.2, 0.25) is 0 Å². The summed E-state index contributed by atoms with van der Waals surface area (Å²) in [6, 6.07) is 0. The van der Waals surface area contributed by atoms with Crippen LogP contribution in [0.15, 0.2) is 12.2 Å². The van der Waals surface area contributed by atoms with Gasteiger partial charge in [-0.05, 0) is 18.9 Å². The molecule has 0 bridgehead atoms.